The lowest BCUT2D eigenvalue weighted by Crippen LogP contribution is -2.21. The normalized spacial score (nSPS) is 20.3. The van der Waals surface area contributed by atoms with E-state index in [4.69, 9.17) is 10.6 Å². The van der Waals surface area contributed by atoms with Crippen LogP contribution in [0.1, 0.15) is 6.42 Å². The zero-order valence-corrected chi connectivity index (χ0v) is 9.62. The first-order valence-corrected chi connectivity index (χ1v) is 5.42. The molecule has 15 heavy (non-hydrogen) atoms. The van der Waals surface area contributed by atoms with Crippen LogP contribution >= 0.6 is 15.9 Å². The van der Waals surface area contributed by atoms with Crippen LogP contribution in [-0.4, -0.2) is 29.2 Å². The molecule has 0 radical (unpaired) electrons. The summed E-state index contributed by atoms with van der Waals surface area (Å²) in [5.74, 6) is 6.35. The third-order valence-electron chi connectivity index (χ3n) is 2.14. The molecule has 1 aliphatic rings. The summed E-state index contributed by atoms with van der Waals surface area (Å²) >= 11 is 3.37. The maximum Gasteiger partial charge on any atom is 0.239 e. The second-order valence-electron chi connectivity index (χ2n) is 3.24. The van der Waals surface area contributed by atoms with Crippen LogP contribution in [0.2, 0.25) is 0 Å². The zero-order chi connectivity index (χ0) is 10.7. The predicted octanol–water partition coefficient (Wildman–Crippen LogP) is 0.725. The third-order valence-corrected chi connectivity index (χ3v) is 2.72. The van der Waals surface area contributed by atoms with E-state index < -0.39 is 0 Å². The molecule has 1 aromatic heterocycles. The lowest BCUT2D eigenvalue weighted by Gasteiger charge is -2.13. The van der Waals surface area contributed by atoms with E-state index in [1.165, 1.54) is 0 Å². The molecule has 1 unspecified atom stereocenters. The Bertz CT molecular complexity index is 342. The van der Waals surface area contributed by atoms with Crippen molar-refractivity contribution in [2.24, 2.45) is 5.84 Å². The molecule has 1 atom stereocenters. The first-order valence-electron chi connectivity index (χ1n) is 4.63. The zero-order valence-electron chi connectivity index (χ0n) is 8.03. The Morgan fingerprint density at radius 1 is 1.60 bits per heavy atom. The van der Waals surface area contributed by atoms with Crippen LogP contribution in [0.25, 0.3) is 0 Å². The van der Waals surface area contributed by atoms with Crippen LogP contribution in [0.5, 0.6) is 0 Å². The Balaban J connectivity index is 2.11. The van der Waals surface area contributed by atoms with Crippen LogP contribution in [-0.2, 0) is 4.74 Å². The van der Waals surface area contributed by atoms with Crippen molar-refractivity contribution in [3.05, 3.63) is 10.7 Å². The third kappa shape index (κ3) is 2.55. The number of nitrogens with zero attached hydrogens (tertiary/aromatic N) is 2. The lowest BCUT2D eigenvalue weighted by atomic mass is 10.2. The lowest BCUT2D eigenvalue weighted by molar-refractivity contribution is 0.195. The minimum atomic E-state index is 0.307. The Morgan fingerprint density at radius 2 is 2.47 bits per heavy atom. The Labute approximate surface area is 95.7 Å². The van der Waals surface area contributed by atoms with Crippen molar-refractivity contribution in [2.75, 3.05) is 24.0 Å². The number of nitrogens with one attached hydrogen (secondary N) is 2. The molecule has 6 nitrogen and oxygen atoms in total. The fourth-order valence-corrected chi connectivity index (χ4v) is 1.69. The number of rotatable bonds is 3. The first-order chi connectivity index (χ1) is 7.29. The molecule has 0 amide bonds. The van der Waals surface area contributed by atoms with Gasteiger partial charge in [-0.1, -0.05) is 0 Å². The van der Waals surface area contributed by atoms with Gasteiger partial charge in [-0.25, -0.2) is 10.8 Å². The topological polar surface area (TPSA) is 85.1 Å². The first kappa shape index (κ1) is 10.6. The molecule has 7 heteroatoms. The maximum absolute atomic E-state index is 5.26. The Kier molecular flexibility index (Phi) is 3.34. The molecule has 1 aliphatic heterocycles. The molecule has 2 heterocycles. The summed E-state index contributed by atoms with van der Waals surface area (Å²) in [6, 6.07) is 0.307. The number of halogens is 1. The molecule has 0 aromatic carbocycles. The number of ether oxygens (including phenoxy) is 1. The van der Waals surface area contributed by atoms with E-state index in [0.717, 1.165) is 23.3 Å². The number of hydrazine groups is 1. The summed E-state index contributed by atoms with van der Waals surface area (Å²) in [6.45, 7) is 1.50. The monoisotopic (exact) mass is 273 g/mol. The SMILES string of the molecule is NNc1ncc(Br)c(NC2CCOC2)n1. The van der Waals surface area contributed by atoms with Crippen molar-refractivity contribution in [1.82, 2.24) is 9.97 Å². The van der Waals surface area contributed by atoms with Gasteiger partial charge in [0.25, 0.3) is 0 Å². The van der Waals surface area contributed by atoms with Crippen molar-refractivity contribution in [3.63, 3.8) is 0 Å². The van der Waals surface area contributed by atoms with Crippen molar-refractivity contribution in [3.8, 4) is 0 Å². The highest BCUT2D eigenvalue weighted by Crippen LogP contribution is 2.22. The Morgan fingerprint density at radius 3 is 3.13 bits per heavy atom. The van der Waals surface area contributed by atoms with Crippen molar-refractivity contribution >= 4 is 27.7 Å². The van der Waals surface area contributed by atoms with E-state index in [1.807, 2.05) is 0 Å². The molecule has 0 saturated carbocycles. The van der Waals surface area contributed by atoms with Gasteiger partial charge in [-0.05, 0) is 22.4 Å². The van der Waals surface area contributed by atoms with E-state index in [-0.39, 0.29) is 0 Å². The van der Waals surface area contributed by atoms with Gasteiger partial charge in [-0.3, -0.25) is 5.43 Å². The summed E-state index contributed by atoms with van der Waals surface area (Å²) in [5, 5.41) is 3.27. The molecule has 1 aromatic rings. The van der Waals surface area contributed by atoms with Gasteiger partial charge in [0.2, 0.25) is 5.95 Å². The summed E-state index contributed by atoms with van der Waals surface area (Å²) in [5.41, 5.74) is 2.41. The van der Waals surface area contributed by atoms with E-state index in [0.29, 0.717) is 18.6 Å². The highest BCUT2D eigenvalue weighted by atomic mass is 79.9. The molecule has 2 rings (SSSR count). The number of hydrogen-bond acceptors (Lipinski definition) is 6. The van der Waals surface area contributed by atoms with E-state index in [1.54, 1.807) is 6.20 Å². The number of anilines is 2. The molecule has 0 aliphatic carbocycles. The molecule has 0 spiro atoms. The van der Waals surface area contributed by atoms with Crippen LogP contribution in [0, 0.1) is 0 Å². The number of aromatic nitrogens is 2. The van der Waals surface area contributed by atoms with Gasteiger partial charge < -0.3 is 10.1 Å². The molecular formula is C8H12BrN5O. The highest BCUT2D eigenvalue weighted by molar-refractivity contribution is 9.10. The van der Waals surface area contributed by atoms with Crippen LogP contribution in [0.3, 0.4) is 0 Å². The fourth-order valence-electron chi connectivity index (χ4n) is 1.38. The van der Waals surface area contributed by atoms with Crippen molar-refractivity contribution < 1.29 is 4.74 Å². The van der Waals surface area contributed by atoms with Gasteiger partial charge in [0.15, 0.2) is 0 Å². The average Bonchev–Trinajstić information content (AvgIpc) is 2.74. The van der Waals surface area contributed by atoms with Crippen molar-refractivity contribution in [2.45, 2.75) is 12.5 Å². The number of hydrogen-bond donors (Lipinski definition) is 3. The molecule has 1 fully saturated rings. The summed E-state index contributed by atoms with van der Waals surface area (Å²) in [6.07, 6.45) is 2.64. The smallest absolute Gasteiger partial charge is 0.239 e. The minimum Gasteiger partial charge on any atom is -0.379 e. The van der Waals surface area contributed by atoms with Gasteiger partial charge in [0.05, 0.1) is 17.1 Å². The fraction of sp³-hybridized carbons (Fsp3) is 0.500. The second-order valence-corrected chi connectivity index (χ2v) is 4.09. The average molecular weight is 274 g/mol. The minimum absolute atomic E-state index is 0.307. The standard InChI is InChI=1S/C8H12BrN5O/c9-6-3-11-8(14-10)13-7(6)12-5-1-2-15-4-5/h3,5H,1-2,4,10H2,(H2,11,12,13,14). The second kappa shape index (κ2) is 4.73. The molecular weight excluding hydrogens is 262 g/mol. The van der Waals surface area contributed by atoms with Gasteiger partial charge in [-0.2, -0.15) is 4.98 Å². The number of nitrogens with two attached hydrogens (primary N) is 1. The molecule has 1 saturated heterocycles. The maximum atomic E-state index is 5.26. The summed E-state index contributed by atoms with van der Waals surface area (Å²) in [7, 11) is 0. The van der Waals surface area contributed by atoms with Crippen LogP contribution in [0.4, 0.5) is 11.8 Å². The van der Waals surface area contributed by atoms with E-state index in [9.17, 15) is 0 Å². The van der Waals surface area contributed by atoms with Gasteiger partial charge >= 0.3 is 0 Å². The van der Waals surface area contributed by atoms with Crippen molar-refractivity contribution in [1.29, 1.82) is 0 Å². The quantitative estimate of drug-likeness (QED) is 0.556. The van der Waals surface area contributed by atoms with E-state index in [2.05, 4.69) is 36.6 Å². The van der Waals surface area contributed by atoms with Crippen LogP contribution < -0.4 is 16.6 Å². The largest absolute Gasteiger partial charge is 0.379 e. The van der Waals surface area contributed by atoms with Gasteiger partial charge in [0, 0.05) is 12.8 Å². The summed E-state index contributed by atoms with van der Waals surface area (Å²) in [4.78, 5) is 8.16. The molecule has 4 N–H and O–H groups in total. The van der Waals surface area contributed by atoms with Gasteiger partial charge in [0.1, 0.15) is 5.82 Å². The highest BCUT2D eigenvalue weighted by Gasteiger charge is 2.17. The van der Waals surface area contributed by atoms with Crippen LogP contribution in [0.15, 0.2) is 10.7 Å². The number of nitrogen functional groups attached to an aromatic ring is 1. The Hall–Kier alpha value is -0.920. The van der Waals surface area contributed by atoms with Gasteiger partial charge in [-0.15, -0.1) is 0 Å². The predicted molar refractivity (Wildman–Crippen MR) is 60.4 cm³/mol. The van der Waals surface area contributed by atoms with E-state index >= 15 is 0 Å². The molecule has 0 bridgehead atoms. The summed E-state index contributed by atoms with van der Waals surface area (Å²) < 4.78 is 6.08. The molecule has 82 valence electrons.